The fraction of sp³-hybridized carbons (Fsp3) is 0.318. The van der Waals surface area contributed by atoms with Gasteiger partial charge in [-0.2, -0.15) is 0 Å². The molecule has 6 nitrogen and oxygen atoms in total. The molecular weight excluding hydrogens is 375 g/mol. The number of carbonyl (C=O) groups is 3. The van der Waals surface area contributed by atoms with Gasteiger partial charge in [0.2, 0.25) is 11.8 Å². The van der Waals surface area contributed by atoms with Crippen LogP contribution in [-0.4, -0.2) is 35.0 Å². The van der Waals surface area contributed by atoms with Crippen molar-refractivity contribution < 1.29 is 23.9 Å². The van der Waals surface area contributed by atoms with Crippen LogP contribution in [0.3, 0.4) is 0 Å². The second-order valence-electron chi connectivity index (χ2n) is 7.11. The highest BCUT2D eigenvalue weighted by Crippen LogP contribution is 2.12. The van der Waals surface area contributed by atoms with Crippen molar-refractivity contribution in [2.24, 2.45) is 0 Å². The number of rotatable bonds is 8. The number of aliphatic carboxylic acids is 1. The first-order valence-electron chi connectivity index (χ1n) is 9.26. The lowest BCUT2D eigenvalue weighted by molar-refractivity contribution is -0.142. The number of hydrogen-bond donors (Lipinski definition) is 3. The van der Waals surface area contributed by atoms with E-state index in [9.17, 15) is 23.9 Å². The lowest BCUT2D eigenvalue weighted by Gasteiger charge is -2.21. The van der Waals surface area contributed by atoms with E-state index >= 15 is 0 Å². The van der Waals surface area contributed by atoms with Crippen LogP contribution in [0.25, 0.3) is 0 Å². The van der Waals surface area contributed by atoms with Gasteiger partial charge >= 0.3 is 5.97 Å². The average Bonchev–Trinajstić information content (AvgIpc) is 2.63. The van der Waals surface area contributed by atoms with Crippen molar-refractivity contribution in [1.82, 2.24) is 10.6 Å². The molecule has 0 radical (unpaired) electrons. The summed E-state index contributed by atoms with van der Waals surface area (Å²) in [4.78, 5) is 35.9. The van der Waals surface area contributed by atoms with Crippen LogP contribution in [0.5, 0.6) is 0 Å². The summed E-state index contributed by atoms with van der Waals surface area (Å²) in [6, 6.07) is 9.12. The quantitative estimate of drug-likeness (QED) is 0.634. The van der Waals surface area contributed by atoms with E-state index in [2.05, 4.69) is 10.6 Å². The molecule has 0 saturated heterocycles. The van der Waals surface area contributed by atoms with Crippen LogP contribution < -0.4 is 10.6 Å². The summed E-state index contributed by atoms with van der Waals surface area (Å²) in [6.07, 6.45) is 0.147. The van der Waals surface area contributed by atoms with Crippen LogP contribution in [0.2, 0.25) is 0 Å². The molecule has 0 aliphatic rings. The maximum Gasteiger partial charge on any atom is 0.326 e. The van der Waals surface area contributed by atoms with Crippen molar-refractivity contribution in [1.29, 1.82) is 0 Å². The Bertz CT molecular complexity index is 913. The first kappa shape index (κ1) is 22.1. The van der Waals surface area contributed by atoms with Crippen molar-refractivity contribution in [3.8, 4) is 0 Å². The Morgan fingerprint density at radius 2 is 1.59 bits per heavy atom. The first-order valence-corrected chi connectivity index (χ1v) is 9.26. The summed E-state index contributed by atoms with van der Waals surface area (Å²) < 4.78 is 13.4. The summed E-state index contributed by atoms with van der Waals surface area (Å²) in [5.74, 6) is -2.71. The fourth-order valence-corrected chi connectivity index (χ4v) is 2.99. The summed E-state index contributed by atoms with van der Waals surface area (Å²) in [5.41, 5.74) is 3.41. The van der Waals surface area contributed by atoms with E-state index in [0.29, 0.717) is 5.56 Å². The standard InChI is InChI=1S/C22H25FN2O4/c1-13-7-8-17(9-14(13)2)12-20(22(28)29)25-21(27)19(24-15(3)26)11-16-5-4-6-18(23)10-16/h4-10,19-20H,11-12H2,1-3H3,(H,24,26)(H,25,27)(H,28,29)/t19-,20+/m1/s1. The molecule has 0 heterocycles. The minimum atomic E-state index is -1.18. The monoisotopic (exact) mass is 400 g/mol. The number of hydrogen-bond acceptors (Lipinski definition) is 3. The first-order chi connectivity index (χ1) is 13.7. The van der Waals surface area contributed by atoms with Gasteiger partial charge in [0.1, 0.15) is 17.9 Å². The molecule has 0 spiro atoms. The Labute approximate surface area is 169 Å². The number of amides is 2. The molecule has 0 unspecified atom stereocenters. The van der Waals surface area contributed by atoms with Crippen LogP contribution in [-0.2, 0) is 27.2 Å². The lowest BCUT2D eigenvalue weighted by atomic mass is 10.00. The zero-order chi connectivity index (χ0) is 21.6. The molecule has 7 heteroatoms. The molecule has 2 aromatic carbocycles. The number of nitrogens with one attached hydrogen (secondary N) is 2. The van der Waals surface area contributed by atoms with E-state index in [1.807, 2.05) is 32.0 Å². The van der Waals surface area contributed by atoms with Crippen molar-refractivity contribution in [3.63, 3.8) is 0 Å². The summed E-state index contributed by atoms with van der Waals surface area (Å²) in [6.45, 7) is 5.15. The molecule has 0 bridgehead atoms. The minimum absolute atomic E-state index is 0.0408. The Morgan fingerprint density at radius 1 is 0.931 bits per heavy atom. The minimum Gasteiger partial charge on any atom is -0.480 e. The largest absolute Gasteiger partial charge is 0.480 e. The van der Waals surface area contributed by atoms with Crippen LogP contribution in [0, 0.1) is 19.7 Å². The molecule has 0 fully saturated rings. The molecule has 0 aliphatic heterocycles. The lowest BCUT2D eigenvalue weighted by Crippen LogP contribution is -2.52. The number of carboxylic acids is 1. The Kier molecular flexibility index (Phi) is 7.47. The van der Waals surface area contributed by atoms with Crippen molar-refractivity contribution in [2.75, 3.05) is 0 Å². The molecule has 2 aromatic rings. The fourth-order valence-electron chi connectivity index (χ4n) is 2.99. The third kappa shape index (κ3) is 6.71. The van der Waals surface area contributed by atoms with Crippen LogP contribution in [0.4, 0.5) is 4.39 Å². The van der Waals surface area contributed by atoms with Gasteiger partial charge < -0.3 is 15.7 Å². The van der Waals surface area contributed by atoms with Crippen LogP contribution in [0.1, 0.15) is 29.2 Å². The number of halogens is 1. The van der Waals surface area contributed by atoms with Gasteiger partial charge in [0.05, 0.1) is 0 Å². The highest BCUT2D eigenvalue weighted by Gasteiger charge is 2.26. The molecule has 0 aliphatic carbocycles. The van der Waals surface area contributed by atoms with Crippen molar-refractivity contribution in [3.05, 3.63) is 70.5 Å². The molecule has 2 amide bonds. The van der Waals surface area contributed by atoms with E-state index in [4.69, 9.17) is 0 Å². The van der Waals surface area contributed by atoms with E-state index < -0.39 is 35.7 Å². The zero-order valence-corrected chi connectivity index (χ0v) is 16.7. The second-order valence-corrected chi connectivity index (χ2v) is 7.11. The van der Waals surface area contributed by atoms with Gasteiger partial charge in [-0.1, -0.05) is 30.3 Å². The van der Waals surface area contributed by atoms with Crippen molar-refractivity contribution >= 4 is 17.8 Å². The second kappa shape index (κ2) is 9.82. The molecule has 0 aromatic heterocycles. The summed E-state index contributed by atoms with van der Waals surface area (Å²) in [7, 11) is 0. The van der Waals surface area contributed by atoms with E-state index in [0.717, 1.165) is 16.7 Å². The van der Waals surface area contributed by atoms with Gasteiger partial charge in [-0.3, -0.25) is 9.59 Å². The van der Waals surface area contributed by atoms with Gasteiger partial charge in [-0.25, -0.2) is 9.18 Å². The predicted molar refractivity (Wildman–Crippen MR) is 107 cm³/mol. The molecule has 154 valence electrons. The molecule has 2 atom stereocenters. The van der Waals surface area contributed by atoms with Gasteiger partial charge in [0, 0.05) is 19.8 Å². The molecular formula is C22H25FN2O4. The molecule has 0 saturated carbocycles. The Morgan fingerprint density at radius 3 is 2.17 bits per heavy atom. The van der Waals surface area contributed by atoms with Gasteiger partial charge in [0.15, 0.2) is 0 Å². The molecule has 3 N–H and O–H groups in total. The molecule has 29 heavy (non-hydrogen) atoms. The SMILES string of the molecule is CC(=O)N[C@H](Cc1cccc(F)c1)C(=O)N[C@@H](Cc1ccc(C)c(C)c1)C(=O)O. The maximum absolute atomic E-state index is 13.4. The van der Waals surface area contributed by atoms with E-state index in [1.165, 1.54) is 25.1 Å². The smallest absolute Gasteiger partial charge is 0.326 e. The number of benzene rings is 2. The zero-order valence-electron chi connectivity index (χ0n) is 16.7. The Hall–Kier alpha value is -3.22. The third-order valence-electron chi connectivity index (χ3n) is 4.65. The topological polar surface area (TPSA) is 95.5 Å². The third-order valence-corrected chi connectivity index (χ3v) is 4.65. The number of carbonyl (C=O) groups excluding carboxylic acids is 2. The van der Waals surface area contributed by atoms with E-state index in [1.54, 1.807) is 6.07 Å². The van der Waals surface area contributed by atoms with E-state index in [-0.39, 0.29) is 12.8 Å². The van der Waals surface area contributed by atoms with Crippen LogP contribution in [0.15, 0.2) is 42.5 Å². The molecule has 2 rings (SSSR count). The predicted octanol–water partition coefficient (Wildman–Crippen LogP) is 2.30. The van der Waals surface area contributed by atoms with Crippen molar-refractivity contribution in [2.45, 2.75) is 45.7 Å². The summed E-state index contributed by atoms with van der Waals surface area (Å²) in [5, 5.41) is 14.5. The highest BCUT2D eigenvalue weighted by atomic mass is 19.1. The Balaban J connectivity index is 2.15. The summed E-state index contributed by atoms with van der Waals surface area (Å²) >= 11 is 0. The highest BCUT2D eigenvalue weighted by molar-refractivity contribution is 5.90. The van der Waals surface area contributed by atoms with Gasteiger partial charge in [-0.15, -0.1) is 0 Å². The van der Waals surface area contributed by atoms with Gasteiger partial charge in [0.25, 0.3) is 0 Å². The number of carboxylic acid groups (broad SMARTS) is 1. The van der Waals surface area contributed by atoms with Gasteiger partial charge in [-0.05, 0) is 48.2 Å². The normalized spacial score (nSPS) is 12.7. The average molecular weight is 400 g/mol. The maximum atomic E-state index is 13.4. The number of aryl methyl sites for hydroxylation is 2. The van der Waals surface area contributed by atoms with Crippen LogP contribution >= 0.6 is 0 Å².